The second-order valence-corrected chi connectivity index (χ2v) is 6.35. The zero-order chi connectivity index (χ0) is 18.1. The van der Waals surface area contributed by atoms with Gasteiger partial charge >= 0.3 is 0 Å². The number of nitrogens with zero attached hydrogens (tertiary/aromatic N) is 4. The van der Waals surface area contributed by atoms with Gasteiger partial charge in [0, 0.05) is 29.1 Å². The molecule has 2 aromatic heterocycles. The van der Waals surface area contributed by atoms with Crippen molar-refractivity contribution in [2.75, 3.05) is 5.32 Å². The number of nitrogens with one attached hydrogen (secondary N) is 1. The molecule has 3 aromatic rings. The SMILES string of the molecule is CCc1nc2nc(C)c(CC(=O)Nc3c(C)cccc3C)c(C)n2n1. The Morgan fingerprint density at radius 3 is 2.44 bits per heavy atom. The van der Waals surface area contributed by atoms with E-state index in [1.54, 1.807) is 4.52 Å². The Labute approximate surface area is 147 Å². The highest BCUT2D eigenvalue weighted by Crippen LogP contribution is 2.21. The van der Waals surface area contributed by atoms with Crippen molar-refractivity contribution in [3.05, 3.63) is 52.1 Å². The summed E-state index contributed by atoms with van der Waals surface area (Å²) in [4.78, 5) is 21.5. The van der Waals surface area contributed by atoms with Gasteiger partial charge in [0.25, 0.3) is 5.78 Å². The summed E-state index contributed by atoms with van der Waals surface area (Å²) in [5, 5.41) is 7.50. The molecule has 0 aliphatic rings. The van der Waals surface area contributed by atoms with Crippen molar-refractivity contribution >= 4 is 17.4 Å². The Balaban J connectivity index is 1.91. The van der Waals surface area contributed by atoms with Gasteiger partial charge in [-0.25, -0.2) is 9.50 Å². The number of amides is 1. The van der Waals surface area contributed by atoms with Crippen LogP contribution < -0.4 is 5.32 Å². The van der Waals surface area contributed by atoms with Crippen LogP contribution in [0.4, 0.5) is 5.69 Å². The second kappa shape index (κ2) is 6.63. The summed E-state index contributed by atoms with van der Waals surface area (Å²) in [5.41, 5.74) is 5.61. The molecule has 1 N–H and O–H groups in total. The second-order valence-electron chi connectivity index (χ2n) is 6.35. The minimum Gasteiger partial charge on any atom is -0.325 e. The van der Waals surface area contributed by atoms with Crippen molar-refractivity contribution < 1.29 is 4.79 Å². The third kappa shape index (κ3) is 3.24. The van der Waals surface area contributed by atoms with E-state index in [1.807, 2.05) is 52.8 Å². The highest BCUT2D eigenvalue weighted by atomic mass is 16.1. The lowest BCUT2D eigenvalue weighted by Gasteiger charge is -2.13. The molecule has 2 heterocycles. The van der Waals surface area contributed by atoms with Crippen molar-refractivity contribution in [3.8, 4) is 0 Å². The molecule has 6 heteroatoms. The average molecular weight is 337 g/mol. The van der Waals surface area contributed by atoms with Gasteiger partial charge in [0.15, 0.2) is 5.82 Å². The fraction of sp³-hybridized carbons (Fsp3) is 0.368. The molecule has 0 aliphatic carbocycles. The normalized spacial score (nSPS) is 11.1. The van der Waals surface area contributed by atoms with Crippen LogP contribution in [0.25, 0.3) is 5.78 Å². The number of carbonyl (C=O) groups is 1. The van der Waals surface area contributed by atoms with Crippen molar-refractivity contribution in [1.29, 1.82) is 0 Å². The predicted octanol–water partition coefficient (Wildman–Crippen LogP) is 3.10. The van der Waals surface area contributed by atoms with Crippen molar-refractivity contribution in [1.82, 2.24) is 19.6 Å². The standard InChI is InChI=1S/C19H23N5O/c1-6-16-21-19-20-13(4)15(14(5)24(19)23-16)10-17(25)22-18-11(2)8-7-9-12(18)3/h7-9H,6,10H2,1-5H3,(H,22,25). The van der Waals surface area contributed by atoms with Gasteiger partial charge in [-0.05, 0) is 38.8 Å². The molecule has 0 atom stereocenters. The van der Waals surface area contributed by atoms with E-state index >= 15 is 0 Å². The van der Waals surface area contributed by atoms with E-state index in [2.05, 4.69) is 20.4 Å². The van der Waals surface area contributed by atoms with E-state index in [9.17, 15) is 4.79 Å². The van der Waals surface area contributed by atoms with Crippen LogP contribution in [-0.4, -0.2) is 25.5 Å². The van der Waals surface area contributed by atoms with Gasteiger partial charge in [-0.15, -0.1) is 5.10 Å². The maximum atomic E-state index is 12.6. The molecule has 3 rings (SSSR count). The molecule has 0 radical (unpaired) electrons. The van der Waals surface area contributed by atoms with Crippen molar-refractivity contribution in [2.45, 2.75) is 47.5 Å². The van der Waals surface area contributed by atoms with Gasteiger partial charge in [0.2, 0.25) is 5.91 Å². The minimum absolute atomic E-state index is 0.0550. The zero-order valence-corrected chi connectivity index (χ0v) is 15.3. The molecular formula is C19H23N5O. The number of aromatic nitrogens is 4. The van der Waals surface area contributed by atoms with Crippen LogP contribution >= 0.6 is 0 Å². The van der Waals surface area contributed by atoms with Crippen LogP contribution in [-0.2, 0) is 17.6 Å². The monoisotopic (exact) mass is 337 g/mol. The maximum absolute atomic E-state index is 12.6. The molecular weight excluding hydrogens is 314 g/mol. The third-order valence-electron chi connectivity index (χ3n) is 4.49. The first-order valence-corrected chi connectivity index (χ1v) is 8.48. The van der Waals surface area contributed by atoms with E-state index in [0.29, 0.717) is 5.78 Å². The number of aryl methyl sites for hydroxylation is 5. The molecule has 0 spiro atoms. The number of rotatable bonds is 4. The summed E-state index contributed by atoms with van der Waals surface area (Å²) in [5.74, 6) is 1.29. The molecule has 0 saturated heterocycles. The number of carbonyl (C=O) groups excluding carboxylic acids is 1. The molecule has 0 aliphatic heterocycles. The van der Waals surface area contributed by atoms with E-state index in [4.69, 9.17) is 0 Å². The molecule has 0 bridgehead atoms. The Kier molecular flexibility index (Phi) is 4.53. The number of para-hydroxylation sites is 1. The van der Waals surface area contributed by atoms with Gasteiger partial charge < -0.3 is 5.32 Å². The van der Waals surface area contributed by atoms with Crippen molar-refractivity contribution in [2.24, 2.45) is 0 Å². The van der Waals surface area contributed by atoms with Crippen LogP contribution in [0.3, 0.4) is 0 Å². The summed E-state index contributed by atoms with van der Waals surface area (Å²) in [6.45, 7) is 9.87. The van der Waals surface area contributed by atoms with Gasteiger partial charge in [-0.1, -0.05) is 25.1 Å². The van der Waals surface area contributed by atoms with Crippen LogP contribution in [0.15, 0.2) is 18.2 Å². The Hall–Kier alpha value is -2.76. The fourth-order valence-electron chi connectivity index (χ4n) is 3.01. The van der Waals surface area contributed by atoms with Gasteiger partial charge in [0.1, 0.15) is 0 Å². The Bertz CT molecular complexity index is 938. The Morgan fingerprint density at radius 2 is 1.80 bits per heavy atom. The largest absolute Gasteiger partial charge is 0.325 e. The highest BCUT2D eigenvalue weighted by molar-refractivity contribution is 5.94. The smallest absolute Gasteiger partial charge is 0.252 e. The summed E-state index contributed by atoms with van der Waals surface area (Å²) in [7, 11) is 0. The average Bonchev–Trinajstić information content (AvgIpc) is 2.98. The number of hydrogen-bond acceptors (Lipinski definition) is 4. The third-order valence-corrected chi connectivity index (χ3v) is 4.49. The van der Waals surface area contributed by atoms with Gasteiger partial charge in [0.05, 0.1) is 6.42 Å². The highest BCUT2D eigenvalue weighted by Gasteiger charge is 2.16. The number of hydrogen-bond donors (Lipinski definition) is 1. The quantitative estimate of drug-likeness (QED) is 0.794. The summed E-state index contributed by atoms with van der Waals surface area (Å²) >= 11 is 0. The lowest BCUT2D eigenvalue weighted by atomic mass is 10.1. The predicted molar refractivity (Wildman–Crippen MR) is 97.9 cm³/mol. The van der Waals surface area contributed by atoms with Crippen LogP contribution in [0.2, 0.25) is 0 Å². The van der Waals surface area contributed by atoms with E-state index in [-0.39, 0.29) is 12.3 Å². The molecule has 1 aromatic carbocycles. The molecule has 130 valence electrons. The number of benzene rings is 1. The first-order chi connectivity index (χ1) is 11.9. The first kappa shape index (κ1) is 17.1. The van der Waals surface area contributed by atoms with E-state index in [0.717, 1.165) is 46.0 Å². The molecule has 25 heavy (non-hydrogen) atoms. The summed E-state index contributed by atoms with van der Waals surface area (Å²) in [6, 6.07) is 5.98. The molecule has 0 fully saturated rings. The van der Waals surface area contributed by atoms with Crippen molar-refractivity contribution in [3.63, 3.8) is 0 Å². The number of anilines is 1. The van der Waals surface area contributed by atoms with Crippen LogP contribution in [0, 0.1) is 27.7 Å². The summed E-state index contributed by atoms with van der Waals surface area (Å²) < 4.78 is 1.73. The zero-order valence-electron chi connectivity index (χ0n) is 15.3. The van der Waals surface area contributed by atoms with E-state index < -0.39 is 0 Å². The Morgan fingerprint density at radius 1 is 1.12 bits per heavy atom. The minimum atomic E-state index is -0.0550. The summed E-state index contributed by atoms with van der Waals surface area (Å²) in [6.07, 6.45) is 1.01. The van der Waals surface area contributed by atoms with Crippen LogP contribution in [0.5, 0.6) is 0 Å². The fourth-order valence-corrected chi connectivity index (χ4v) is 3.01. The van der Waals surface area contributed by atoms with Crippen LogP contribution in [0.1, 0.15) is 40.8 Å². The van der Waals surface area contributed by atoms with Gasteiger partial charge in [-0.3, -0.25) is 4.79 Å². The lowest BCUT2D eigenvalue weighted by molar-refractivity contribution is -0.115. The molecule has 1 amide bonds. The first-order valence-electron chi connectivity index (χ1n) is 8.48. The van der Waals surface area contributed by atoms with E-state index in [1.165, 1.54) is 0 Å². The molecule has 6 nitrogen and oxygen atoms in total. The lowest BCUT2D eigenvalue weighted by Crippen LogP contribution is -2.19. The number of fused-ring (bicyclic) bond motifs is 1. The topological polar surface area (TPSA) is 72.2 Å². The molecule has 0 saturated carbocycles. The van der Waals surface area contributed by atoms with Gasteiger partial charge in [-0.2, -0.15) is 4.98 Å². The maximum Gasteiger partial charge on any atom is 0.252 e. The molecule has 0 unspecified atom stereocenters.